The number of hydrogen-bond donors (Lipinski definition) is 1. The summed E-state index contributed by atoms with van der Waals surface area (Å²) in [5.74, 6) is 2.54. The second-order valence-electron chi connectivity index (χ2n) is 3.04. The number of carbonyl (C=O) groups excluding carboxylic acids is 1. The van der Waals surface area contributed by atoms with Gasteiger partial charge in [-0.25, -0.2) is 4.79 Å². The fraction of sp³-hybridized carbons (Fsp3) is 0.182. The van der Waals surface area contributed by atoms with E-state index < -0.39 is 0 Å². The third-order valence-electron chi connectivity index (χ3n) is 2.11. The van der Waals surface area contributed by atoms with Crippen LogP contribution in [0.3, 0.4) is 0 Å². The van der Waals surface area contributed by atoms with Crippen molar-refractivity contribution < 1.29 is 9.53 Å². The van der Waals surface area contributed by atoms with Gasteiger partial charge < -0.3 is 10.1 Å². The van der Waals surface area contributed by atoms with Crippen molar-refractivity contribution in [2.75, 3.05) is 6.54 Å². The minimum Gasteiger partial charge on any atom is -0.439 e. The molecule has 3 heteroatoms. The van der Waals surface area contributed by atoms with E-state index in [-0.39, 0.29) is 12.2 Å². The molecule has 1 N–H and O–H groups in total. The average Bonchev–Trinajstić information content (AvgIpc) is 2.65. The van der Waals surface area contributed by atoms with Crippen molar-refractivity contribution in [2.45, 2.75) is 6.10 Å². The number of amides is 1. The average molecular weight is 187 g/mol. The van der Waals surface area contributed by atoms with Crippen LogP contribution >= 0.6 is 0 Å². The maximum absolute atomic E-state index is 10.8. The number of alkyl carbamates (subject to hydrolysis) is 1. The van der Waals surface area contributed by atoms with Crippen LogP contribution in [-0.4, -0.2) is 12.6 Å². The lowest BCUT2D eigenvalue weighted by molar-refractivity contribution is 0.141. The number of benzene rings is 1. The highest BCUT2D eigenvalue weighted by Gasteiger charge is 2.23. The number of nitrogens with one attached hydrogen (secondary N) is 1. The van der Waals surface area contributed by atoms with Crippen LogP contribution in [0, 0.1) is 12.3 Å². The molecule has 1 heterocycles. The molecule has 0 bridgehead atoms. The van der Waals surface area contributed by atoms with Crippen LogP contribution in [0.15, 0.2) is 24.3 Å². The van der Waals surface area contributed by atoms with E-state index in [0.29, 0.717) is 6.54 Å². The number of ether oxygens (including phenoxy) is 1. The van der Waals surface area contributed by atoms with E-state index in [0.717, 1.165) is 11.1 Å². The van der Waals surface area contributed by atoms with Gasteiger partial charge >= 0.3 is 6.09 Å². The zero-order valence-corrected chi connectivity index (χ0v) is 7.49. The second kappa shape index (κ2) is 3.43. The first-order valence-electron chi connectivity index (χ1n) is 4.30. The summed E-state index contributed by atoms with van der Waals surface area (Å²) in [7, 11) is 0. The summed E-state index contributed by atoms with van der Waals surface area (Å²) >= 11 is 0. The summed E-state index contributed by atoms with van der Waals surface area (Å²) in [5, 5.41) is 2.59. The largest absolute Gasteiger partial charge is 0.439 e. The summed E-state index contributed by atoms with van der Waals surface area (Å²) in [6, 6.07) is 7.45. The molecule has 1 fully saturated rings. The smallest absolute Gasteiger partial charge is 0.407 e. The third-order valence-corrected chi connectivity index (χ3v) is 2.11. The normalized spacial score (nSPS) is 19.6. The Labute approximate surface area is 82.1 Å². The molecule has 14 heavy (non-hydrogen) atoms. The van der Waals surface area contributed by atoms with Crippen molar-refractivity contribution in [3.63, 3.8) is 0 Å². The lowest BCUT2D eigenvalue weighted by atomic mass is 10.1. The Morgan fingerprint density at radius 2 is 2.43 bits per heavy atom. The molecular formula is C11H9NO2. The molecule has 3 nitrogen and oxygen atoms in total. The van der Waals surface area contributed by atoms with Gasteiger partial charge in [0.05, 0.1) is 6.54 Å². The minimum atomic E-state index is -0.374. The van der Waals surface area contributed by atoms with Crippen LogP contribution in [0.2, 0.25) is 0 Å². The molecule has 1 aromatic carbocycles. The molecule has 0 aliphatic carbocycles. The first-order valence-corrected chi connectivity index (χ1v) is 4.30. The highest BCUT2D eigenvalue weighted by atomic mass is 16.6. The Hall–Kier alpha value is -1.95. The van der Waals surface area contributed by atoms with Crippen LogP contribution in [0.4, 0.5) is 4.79 Å². The fourth-order valence-electron chi connectivity index (χ4n) is 1.40. The van der Waals surface area contributed by atoms with E-state index in [1.807, 2.05) is 24.3 Å². The van der Waals surface area contributed by atoms with Gasteiger partial charge in [0.15, 0.2) is 0 Å². The van der Waals surface area contributed by atoms with Crippen molar-refractivity contribution in [3.05, 3.63) is 35.4 Å². The van der Waals surface area contributed by atoms with E-state index in [9.17, 15) is 4.79 Å². The van der Waals surface area contributed by atoms with Crippen LogP contribution in [-0.2, 0) is 4.74 Å². The fourth-order valence-corrected chi connectivity index (χ4v) is 1.40. The van der Waals surface area contributed by atoms with Crippen molar-refractivity contribution in [1.82, 2.24) is 5.32 Å². The lowest BCUT2D eigenvalue weighted by Crippen LogP contribution is -2.12. The Morgan fingerprint density at radius 1 is 1.57 bits per heavy atom. The van der Waals surface area contributed by atoms with Gasteiger partial charge in [0.2, 0.25) is 0 Å². The van der Waals surface area contributed by atoms with Gasteiger partial charge in [-0.15, -0.1) is 6.42 Å². The number of rotatable bonds is 1. The summed E-state index contributed by atoms with van der Waals surface area (Å²) in [5.41, 5.74) is 1.73. The lowest BCUT2D eigenvalue weighted by Gasteiger charge is -2.07. The second-order valence-corrected chi connectivity index (χ2v) is 3.04. The van der Waals surface area contributed by atoms with Crippen molar-refractivity contribution in [3.8, 4) is 12.3 Å². The van der Waals surface area contributed by atoms with Gasteiger partial charge in [-0.1, -0.05) is 18.1 Å². The maximum atomic E-state index is 10.8. The van der Waals surface area contributed by atoms with E-state index in [1.165, 1.54) is 0 Å². The van der Waals surface area contributed by atoms with E-state index in [2.05, 4.69) is 11.2 Å². The monoisotopic (exact) mass is 187 g/mol. The van der Waals surface area contributed by atoms with Gasteiger partial charge in [0.1, 0.15) is 6.10 Å². The number of terminal acetylenes is 1. The van der Waals surface area contributed by atoms with E-state index >= 15 is 0 Å². The van der Waals surface area contributed by atoms with Gasteiger partial charge in [0.25, 0.3) is 0 Å². The summed E-state index contributed by atoms with van der Waals surface area (Å²) < 4.78 is 5.03. The van der Waals surface area contributed by atoms with E-state index in [1.54, 1.807) is 0 Å². The third kappa shape index (κ3) is 1.55. The Balaban J connectivity index is 2.24. The van der Waals surface area contributed by atoms with Crippen LogP contribution < -0.4 is 5.32 Å². The molecule has 1 saturated heterocycles. The summed E-state index contributed by atoms with van der Waals surface area (Å²) in [6.07, 6.45) is 4.69. The molecule has 0 spiro atoms. The van der Waals surface area contributed by atoms with Gasteiger partial charge in [-0.3, -0.25) is 0 Å². The maximum Gasteiger partial charge on any atom is 0.407 e. The number of hydrogen-bond acceptors (Lipinski definition) is 2. The zero-order valence-electron chi connectivity index (χ0n) is 7.49. The predicted molar refractivity (Wildman–Crippen MR) is 51.6 cm³/mol. The van der Waals surface area contributed by atoms with Gasteiger partial charge in [0, 0.05) is 5.56 Å². The quantitative estimate of drug-likeness (QED) is 0.676. The van der Waals surface area contributed by atoms with Crippen molar-refractivity contribution >= 4 is 6.09 Å². The van der Waals surface area contributed by atoms with Crippen LogP contribution in [0.25, 0.3) is 0 Å². The molecule has 1 aliphatic rings. The molecule has 0 radical (unpaired) electrons. The standard InChI is InChI=1S/C11H9NO2/c1-2-8-4-3-5-9(6-8)10-7-12-11(13)14-10/h1,3-6,10H,7H2,(H,12,13). The number of cyclic esters (lactones) is 1. The van der Waals surface area contributed by atoms with Crippen LogP contribution in [0.5, 0.6) is 0 Å². The highest BCUT2D eigenvalue weighted by Crippen LogP contribution is 2.21. The van der Waals surface area contributed by atoms with Crippen molar-refractivity contribution in [2.24, 2.45) is 0 Å². The molecule has 2 rings (SSSR count). The molecule has 0 saturated carbocycles. The molecule has 1 unspecified atom stereocenters. The first-order chi connectivity index (χ1) is 6.79. The van der Waals surface area contributed by atoms with Crippen molar-refractivity contribution in [1.29, 1.82) is 0 Å². The molecular weight excluding hydrogens is 178 g/mol. The topological polar surface area (TPSA) is 38.3 Å². The molecule has 1 aliphatic heterocycles. The molecule has 1 amide bonds. The molecule has 1 atom stereocenters. The predicted octanol–water partition coefficient (Wildman–Crippen LogP) is 1.45. The van der Waals surface area contributed by atoms with Crippen LogP contribution in [0.1, 0.15) is 17.2 Å². The minimum absolute atomic E-state index is 0.212. The Morgan fingerprint density at radius 3 is 3.07 bits per heavy atom. The van der Waals surface area contributed by atoms with E-state index in [4.69, 9.17) is 11.2 Å². The van der Waals surface area contributed by atoms with Gasteiger partial charge in [-0.05, 0) is 17.7 Å². The SMILES string of the molecule is C#Cc1cccc(C2CNC(=O)O2)c1. The Bertz CT molecular complexity index is 406. The van der Waals surface area contributed by atoms with Gasteiger partial charge in [-0.2, -0.15) is 0 Å². The zero-order chi connectivity index (χ0) is 9.97. The molecule has 0 aromatic heterocycles. The number of carbonyl (C=O) groups is 1. The Kier molecular flexibility index (Phi) is 2.11. The summed E-state index contributed by atoms with van der Waals surface area (Å²) in [4.78, 5) is 10.8. The highest BCUT2D eigenvalue weighted by molar-refractivity contribution is 5.69. The first kappa shape index (κ1) is 8.64. The molecule has 70 valence electrons. The molecule has 1 aromatic rings. The summed E-state index contributed by atoms with van der Waals surface area (Å²) in [6.45, 7) is 0.507.